The molecule has 0 aliphatic heterocycles. The van der Waals surface area contributed by atoms with Gasteiger partial charge in [0.1, 0.15) is 0 Å². The number of benzene rings is 4. The quantitative estimate of drug-likeness (QED) is 0.0446. The molecule has 0 bridgehead atoms. The Morgan fingerprint density at radius 3 is 1.19 bits per heavy atom. The van der Waals surface area contributed by atoms with E-state index in [9.17, 15) is 66.2 Å². The molecule has 0 saturated carbocycles. The average molecular weight is 821 g/mol. The van der Waals surface area contributed by atoms with Crippen molar-refractivity contribution < 1.29 is 193 Å². The second-order valence-electron chi connectivity index (χ2n) is 9.45. The summed E-state index contributed by atoms with van der Waals surface area (Å²) in [5.74, 6) is -8.48. The molecule has 0 aliphatic rings. The van der Waals surface area contributed by atoms with E-state index in [2.05, 4.69) is 28.8 Å². The van der Waals surface area contributed by atoms with Gasteiger partial charge in [-0.3, -0.25) is 9.11 Å². The van der Waals surface area contributed by atoms with Crippen LogP contribution in [0.3, 0.4) is 0 Å². The normalized spacial score (nSPS) is 11.2. The standard InChI is InChI=1S/C28H20N4O16S2.4Na/c33-17-9-19(27(37)38)25(21(35)11-17)31-29-15-5-3-13(23(7-15)47-49(41,42)43)1-2-14-4-6-16(8-24(14)48-50(44,45)46)30-32-26-20(28(39)40)10-18(34)12-22(26)36;;;;/h1-12,33-36H,(H,37,38)(H,39,40)(H,41,42,43)(H,44,45,46);;;;/q;4*+1/p-4/b2-1+,31-29?,32-30?;;;;. The van der Waals surface area contributed by atoms with E-state index < -0.39 is 89.7 Å². The molecule has 4 aromatic rings. The molecule has 0 aliphatic carbocycles. The van der Waals surface area contributed by atoms with Crippen LogP contribution in [0.2, 0.25) is 0 Å². The molecule has 0 radical (unpaired) electrons. The van der Waals surface area contributed by atoms with Crippen LogP contribution in [0.15, 0.2) is 81.1 Å². The zero-order valence-corrected chi connectivity index (χ0v) is 37.9. The summed E-state index contributed by atoms with van der Waals surface area (Å²) in [6.45, 7) is 0. The number of hydrogen-bond donors (Lipinski definition) is 4. The molecule has 0 amide bonds. The Labute approximate surface area is 393 Å². The van der Waals surface area contributed by atoms with Gasteiger partial charge in [0.15, 0.2) is 11.5 Å². The summed E-state index contributed by atoms with van der Waals surface area (Å²) < 4.78 is 73.9. The van der Waals surface area contributed by atoms with E-state index in [1.165, 1.54) is 12.1 Å². The van der Waals surface area contributed by atoms with Crippen molar-refractivity contribution in [2.24, 2.45) is 20.5 Å². The molecule has 54 heavy (non-hydrogen) atoms. The summed E-state index contributed by atoms with van der Waals surface area (Å²) in [7, 11) is -10.4. The molecule has 0 aromatic heterocycles. The second kappa shape index (κ2) is 21.6. The third-order valence-electron chi connectivity index (χ3n) is 5.92. The van der Waals surface area contributed by atoms with Gasteiger partial charge in [-0.25, -0.2) is 9.59 Å². The van der Waals surface area contributed by atoms with E-state index in [0.29, 0.717) is 24.3 Å². The van der Waals surface area contributed by atoms with Crippen molar-refractivity contribution in [3.63, 3.8) is 0 Å². The van der Waals surface area contributed by atoms with E-state index in [1.54, 1.807) is 0 Å². The minimum Gasteiger partial charge on any atom is -0.872 e. The van der Waals surface area contributed by atoms with Crippen LogP contribution >= 0.6 is 0 Å². The van der Waals surface area contributed by atoms with Crippen molar-refractivity contribution in [2.75, 3.05) is 0 Å². The maximum absolute atomic E-state index is 12.1. The van der Waals surface area contributed by atoms with Crippen molar-refractivity contribution in [2.45, 2.75) is 0 Å². The van der Waals surface area contributed by atoms with Crippen LogP contribution in [-0.2, 0) is 20.8 Å². The summed E-state index contributed by atoms with van der Waals surface area (Å²) in [5, 5.41) is 80.3. The van der Waals surface area contributed by atoms with Crippen molar-refractivity contribution in [1.82, 2.24) is 0 Å². The summed E-state index contributed by atoms with van der Waals surface area (Å²) in [6, 6.07) is 8.81. The van der Waals surface area contributed by atoms with E-state index in [0.717, 1.165) is 36.4 Å². The van der Waals surface area contributed by atoms with Gasteiger partial charge in [-0.1, -0.05) is 47.9 Å². The van der Waals surface area contributed by atoms with Crippen LogP contribution in [0.4, 0.5) is 22.7 Å². The number of carbonyl (C=O) groups is 2. The van der Waals surface area contributed by atoms with E-state index in [4.69, 9.17) is 0 Å². The van der Waals surface area contributed by atoms with E-state index in [-0.39, 0.29) is 141 Å². The van der Waals surface area contributed by atoms with Crippen LogP contribution in [0.1, 0.15) is 31.8 Å². The number of aromatic carboxylic acids is 2. The first-order valence-electron chi connectivity index (χ1n) is 12.9. The van der Waals surface area contributed by atoms with Crippen molar-refractivity contribution in [3.8, 4) is 34.5 Å². The van der Waals surface area contributed by atoms with Crippen molar-refractivity contribution >= 4 is 67.6 Å². The number of carboxylic acid groups (broad SMARTS) is 2. The third-order valence-corrected chi connectivity index (χ3v) is 6.70. The molecule has 4 rings (SSSR count). The van der Waals surface area contributed by atoms with Gasteiger partial charge in [0.25, 0.3) is 0 Å². The number of hydrogen-bond acceptors (Lipinski definition) is 16. The Kier molecular flexibility index (Phi) is 20.6. The predicted octanol–water partition coefficient (Wildman–Crippen LogP) is -9.24. The molecule has 0 fully saturated rings. The molecule has 20 nitrogen and oxygen atoms in total. The molecule has 0 spiro atoms. The van der Waals surface area contributed by atoms with E-state index in [1.807, 2.05) is 0 Å². The van der Waals surface area contributed by atoms with Crippen LogP contribution in [-0.4, -0.2) is 48.1 Å². The molecule has 4 aromatic carbocycles. The Hall–Kier alpha value is -2.62. The topological polar surface area (TPSA) is 343 Å². The summed E-state index contributed by atoms with van der Waals surface area (Å²) in [4.78, 5) is 22.9. The van der Waals surface area contributed by atoms with Gasteiger partial charge in [0.2, 0.25) is 0 Å². The molecular weight excluding hydrogens is 804 g/mol. The molecular formula is C28H16N4Na4O16S2. The van der Waals surface area contributed by atoms with Crippen LogP contribution < -0.4 is 147 Å². The smallest absolute Gasteiger partial charge is 0.872 e. The monoisotopic (exact) mass is 820 g/mol. The Morgan fingerprint density at radius 2 is 0.889 bits per heavy atom. The van der Waals surface area contributed by atoms with Gasteiger partial charge in [0.05, 0.1) is 33.9 Å². The molecule has 26 heteroatoms. The zero-order valence-electron chi connectivity index (χ0n) is 28.2. The van der Waals surface area contributed by atoms with Gasteiger partial charge in [-0.2, -0.15) is 37.3 Å². The second-order valence-corrected chi connectivity index (χ2v) is 11.5. The zero-order chi connectivity index (χ0) is 37.0. The molecule has 0 saturated heterocycles. The summed E-state index contributed by atoms with van der Waals surface area (Å²) in [6.07, 6.45) is 2.21. The third kappa shape index (κ3) is 14.8. The fourth-order valence-electron chi connectivity index (χ4n) is 3.91. The summed E-state index contributed by atoms with van der Waals surface area (Å²) >= 11 is 0. The van der Waals surface area contributed by atoms with Gasteiger partial charge < -0.3 is 39.0 Å². The van der Waals surface area contributed by atoms with Gasteiger partial charge in [-0.15, -0.1) is 11.5 Å². The SMILES string of the molecule is O=C(O)c1cc([O-])cc([O-])c1N=Nc1ccc(/C=C/c2ccc(N=Nc3c([O-])cc([O-])cc3C(=O)O)cc2OS(=O)(=O)O)c(OS(=O)(=O)O)c1.[Na+].[Na+].[Na+].[Na+]. The van der Waals surface area contributed by atoms with Crippen LogP contribution in [0.25, 0.3) is 12.2 Å². The van der Waals surface area contributed by atoms with Crippen molar-refractivity contribution in [3.05, 3.63) is 82.9 Å². The average Bonchev–Trinajstić information content (AvgIpc) is 2.98. The maximum Gasteiger partial charge on any atom is 1.00 e. The van der Waals surface area contributed by atoms with Crippen molar-refractivity contribution in [1.29, 1.82) is 0 Å². The van der Waals surface area contributed by atoms with Crippen LogP contribution in [0, 0.1) is 0 Å². The molecule has 0 unspecified atom stereocenters. The molecule has 0 atom stereocenters. The minimum absolute atomic E-state index is 0. The minimum atomic E-state index is -5.18. The van der Waals surface area contributed by atoms with Gasteiger partial charge >= 0.3 is 151 Å². The first-order valence-corrected chi connectivity index (χ1v) is 15.7. The summed E-state index contributed by atoms with van der Waals surface area (Å²) in [5.41, 5.74) is -3.72. The Bertz CT molecular complexity index is 2200. The van der Waals surface area contributed by atoms with Gasteiger partial charge in [-0.05, 0) is 24.3 Å². The maximum atomic E-state index is 12.1. The number of nitrogens with zero attached hydrogens (tertiary/aromatic N) is 4. The Balaban J connectivity index is 0.00000702. The predicted molar refractivity (Wildman–Crippen MR) is 159 cm³/mol. The molecule has 0 heterocycles. The number of rotatable bonds is 12. The fourth-order valence-corrected chi connectivity index (χ4v) is 4.65. The van der Waals surface area contributed by atoms with Gasteiger partial charge in [0, 0.05) is 23.3 Å². The van der Waals surface area contributed by atoms with Crippen LogP contribution in [0.5, 0.6) is 34.5 Å². The Morgan fingerprint density at radius 1 is 0.556 bits per heavy atom. The van der Waals surface area contributed by atoms with E-state index >= 15 is 0 Å². The fraction of sp³-hybridized carbons (Fsp3) is 0. The first kappa shape index (κ1) is 51.4. The largest absolute Gasteiger partial charge is 1.00 e. The first-order chi connectivity index (χ1) is 23.3. The number of azo groups is 2. The number of carboxylic acids is 2. The molecule has 260 valence electrons. The molecule has 4 N–H and O–H groups in total.